The summed E-state index contributed by atoms with van der Waals surface area (Å²) in [6, 6.07) is -0.242. The predicted octanol–water partition coefficient (Wildman–Crippen LogP) is 0.128. The number of amides is 2. The van der Waals surface area contributed by atoms with E-state index in [2.05, 4.69) is 17.6 Å². The van der Waals surface area contributed by atoms with Crippen LogP contribution in [-0.4, -0.2) is 62.1 Å². The molecule has 0 aromatic rings. The van der Waals surface area contributed by atoms with Crippen LogP contribution in [0.1, 0.15) is 32.6 Å². The second kappa shape index (κ2) is 7.75. The van der Waals surface area contributed by atoms with Gasteiger partial charge in [-0.2, -0.15) is 0 Å². The first-order valence-electron chi connectivity index (χ1n) is 8.02. The molecule has 3 unspecified atom stereocenters. The van der Waals surface area contributed by atoms with Crippen LogP contribution in [0.3, 0.4) is 0 Å². The van der Waals surface area contributed by atoms with E-state index in [9.17, 15) is 9.59 Å². The molecule has 0 aliphatic carbocycles. The number of carbonyl (C=O) groups excluding carboxylic acids is 2. The van der Waals surface area contributed by atoms with Gasteiger partial charge < -0.3 is 20.3 Å². The van der Waals surface area contributed by atoms with Gasteiger partial charge >= 0.3 is 0 Å². The third-order valence-corrected chi connectivity index (χ3v) is 4.39. The molecule has 0 aromatic carbocycles. The maximum Gasteiger partial charge on any atom is 0.242 e. The second-order valence-electron chi connectivity index (χ2n) is 5.86. The Kier molecular flexibility index (Phi) is 5.99. The minimum Gasteiger partial charge on any atom is -0.379 e. The van der Waals surface area contributed by atoms with Gasteiger partial charge in [-0.25, -0.2) is 0 Å². The van der Waals surface area contributed by atoms with E-state index in [1.807, 2.05) is 0 Å². The molecule has 0 spiro atoms. The monoisotopic (exact) mass is 297 g/mol. The smallest absolute Gasteiger partial charge is 0.242 e. The van der Waals surface area contributed by atoms with Crippen LogP contribution in [0, 0.1) is 5.92 Å². The zero-order valence-corrected chi connectivity index (χ0v) is 13.1. The highest BCUT2D eigenvalue weighted by atomic mass is 16.5. The summed E-state index contributed by atoms with van der Waals surface area (Å²) in [5.74, 6) is -0.156. The minimum atomic E-state index is -0.316. The average molecular weight is 297 g/mol. The summed E-state index contributed by atoms with van der Waals surface area (Å²) in [5.41, 5.74) is 0. The first kappa shape index (κ1) is 16.2. The maximum absolute atomic E-state index is 12.8. The summed E-state index contributed by atoms with van der Waals surface area (Å²) in [4.78, 5) is 26.6. The van der Waals surface area contributed by atoms with Crippen LogP contribution in [0.4, 0.5) is 0 Å². The van der Waals surface area contributed by atoms with Gasteiger partial charge in [0.1, 0.15) is 6.04 Å². The third kappa shape index (κ3) is 3.74. The molecule has 21 heavy (non-hydrogen) atoms. The van der Waals surface area contributed by atoms with Crippen molar-refractivity contribution in [3.63, 3.8) is 0 Å². The fourth-order valence-electron chi connectivity index (χ4n) is 3.18. The highest BCUT2D eigenvalue weighted by Crippen LogP contribution is 2.23. The van der Waals surface area contributed by atoms with Crippen molar-refractivity contribution in [3.05, 3.63) is 0 Å². The molecule has 120 valence electrons. The molecule has 0 radical (unpaired) electrons. The topological polar surface area (TPSA) is 70.7 Å². The lowest BCUT2D eigenvalue weighted by atomic mass is 9.96. The Morgan fingerprint density at radius 3 is 2.81 bits per heavy atom. The van der Waals surface area contributed by atoms with E-state index in [0.717, 1.165) is 32.2 Å². The summed E-state index contributed by atoms with van der Waals surface area (Å²) in [6.07, 6.45) is 3.76. The molecule has 6 heteroatoms. The van der Waals surface area contributed by atoms with Crippen LogP contribution >= 0.6 is 0 Å². The minimum absolute atomic E-state index is 0.0555. The van der Waals surface area contributed by atoms with E-state index in [4.69, 9.17) is 4.74 Å². The van der Waals surface area contributed by atoms with Gasteiger partial charge in [0.15, 0.2) is 0 Å². The number of nitrogens with zero attached hydrogens (tertiary/aromatic N) is 1. The van der Waals surface area contributed by atoms with Crippen LogP contribution in [0.15, 0.2) is 0 Å². The molecule has 2 amide bonds. The van der Waals surface area contributed by atoms with Gasteiger partial charge in [-0.15, -0.1) is 0 Å². The number of ether oxygens (including phenoxy) is 1. The number of piperidine rings is 1. The summed E-state index contributed by atoms with van der Waals surface area (Å²) < 4.78 is 5.49. The molecule has 6 nitrogen and oxygen atoms in total. The lowest BCUT2D eigenvalue weighted by molar-refractivity contribution is -0.145. The van der Waals surface area contributed by atoms with Crippen molar-refractivity contribution in [2.24, 2.45) is 5.92 Å². The van der Waals surface area contributed by atoms with E-state index in [0.29, 0.717) is 19.8 Å². The van der Waals surface area contributed by atoms with Gasteiger partial charge in [-0.1, -0.05) is 6.92 Å². The Bertz CT molecular complexity index is 375. The normalized spacial score (nSPS) is 29.4. The van der Waals surface area contributed by atoms with E-state index < -0.39 is 0 Å². The number of likely N-dealkylation sites (N-methyl/N-ethyl adjacent to an activating group) is 1. The Labute approximate surface area is 126 Å². The molecule has 2 aliphatic heterocycles. The fourth-order valence-corrected chi connectivity index (χ4v) is 3.18. The number of hydrogen-bond donors (Lipinski definition) is 2. The molecule has 0 aromatic heterocycles. The van der Waals surface area contributed by atoms with Crippen LogP contribution < -0.4 is 10.6 Å². The number of carbonyl (C=O) groups is 2. The fraction of sp³-hybridized carbons (Fsp3) is 0.867. The maximum atomic E-state index is 12.8. The molecule has 3 atom stereocenters. The lowest BCUT2D eigenvalue weighted by Gasteiger charge is -2.36. The molecular weight excluding hydrogens is 270 g/mol. The molecule has 0 saturated carbocycles. The Morgan fingerprint density at radius 1 is 1.29 bits per heavy atom. The van der Waals surface area contributed by atoms with Crippen molar-refractivity contribution >= 4 is 11.8 Å². The largest absolute Gasteiger partial charge is 0.379 e. The quantitative estimate of drug-likeness (QED) is 0.757. The van der Waals surface area contributed by atoms with Crippen LogP contribution in [0.5, 0.6) is 0 Å². The van der Waals surface area contributed by atoms with E-state index in [1.165, 1.54) is 0 Å². The zero-order chi connectivity index (χ0) is 15.2. The van der Waals surface area contributed by atoms with Crippen molar-refractivity contribution in [2.45, 2.75) is 44.7 Å². The standard InChI is InChI=1S/C15H27N3O3/c1-3-7-17-12-10-21-9-11(12)15(20)18-8-5-4-6-13(18)14(19)16-2/h11-13,17H,3-10H2,1-2H3,(H,16,19). The van der Waals surface area contributed by atoms with Gasteiger partial charge in [0.05, 0.1) is 19.1 Å². The van der Waals surface area contributed by atoms with Crippen molar-refractivity contribution in [1.82, 2.24) is 15.5 Å². The molecule has 2 fully saturated rings. The Morgan fingerprint density at radius 2 is 2.10 bits per heavy atom. The molecular formula is C15H27N3O3. The first-order chi connectivity index (χ1) is 10.2. The van der Waals surface area contributed by atoms with Crippen LogP contribution in [-0.2, 0) is 14.3 Å². The molecule has 0 bridgehead atoms. The number of likely N-dealkylation sites (tertiary alicyclic amines) is 1. The third-order valence-electron chi connectivity index (χ3n) is 4.39. The van der Waals surface area contributed by atoms with E-state index >= 15 is 0 Å². The number of nitrogens with one attached hydrogen (secondary N) is 2. The molecule has 2 rings (SSSR count). The van der Waals surface area contributed by atoms with Crippen molar-refractivity contribution < 1.29 is 14.3 Å². The van der Waals surface area contributed by atoms with Crippen LogP contribution in [0.2, 0.25) is 0 Å². The van der Waals surface area contributed by atoms with Crippen LogP contribution in [0.25, 0.3) is 0 Å². The molecule has 2 aliphatic rings. The van der Waals surface area contributed by atoms with E-state index in [1.54, 1.807) is 11.9 Å². The van der Waals surface area contributed by atoms with Gasteiger partial charge in [-0.3, -0.25) is 9.59 Å². The molecule has 2 heterocycles. The number of hydrogen-bond acceptors (Lipinski definition) is 4. The highest BCUT2D eigenvalue weighted by molar-refractivity contribution is 5.89. The lowest BCUT2D eigenvalue weighted by Crippen LogP contribution is -2.55. The Hall–Kier alpha value is -1.14. The predicted molar refractivity (Wildman–Crippen MR) is 79.8 cm³/mol. The highest BCUT2D eigenvalue weighted by Gasteiger charge is 2.40. The summed E-state index contributed by atoms with van der Waals surface area (Å²) in [5, 5.41) is 6.06. The summed E-state index contributed by atoms with van der Waals surface area (Å²) in [6.45, 7) is 4.70. The number of rotatable bonds is 5. The second-order valence-corrected chi connectivity index (χ2v) is 5.86. The van der Waals surface area contributed by atoms with Gasteiger partial charge in [0, 0.05) is 19.6 Å². The Balaban J connectivity index is 2.03. The molecule has 2 saturated heterocycles. The van der Waals surface area contributed by atoms with Gasteiger partial charge in [0.2, 0.25) is 11.8 Å². The van der Waals surface area contributed by atoms with Crippen molar-refractivity contribution in [2.75, 3.05) is 33.4 Å². The average Bonchev–Trinajstić information content (AvgIpc) is 2.99. The summed E-state index contributed by atoms with van der Waals surface area (Å²) in [7, 11) is 1.63. The van der Waals surface area contributed by atoms with E-state index in [-0.39, 0.29) is 29.8 Å². The van der Waals surface area contributed by atoms with Crippen molar-refractivity contribution in [1.29, 1.82) is 0 Å². The zero-order valence-electron chi connectivity index (χ0n) is 13.1. The van der Waals surface area contributed by atoms with Crippen molar-refractivity contribution in [3.8, 4) is 0 Å². The van der Waals surface area contributed by atoms with Gasteiger partial charge in [0.25, 0.3) is 0 Å². The van der Waals surface area contributed by atoms with Gasteiger partial charge in [-0.05, 0) is 32.2 Å². The SMILES string of the molecule is CCCNC1COCC1C(=O)N1CCCCC1C(=O)NC. The molecule has 2 N–H and O–H groups in total. The first-order valence-corrected chi connectivity index (χ1v) is 8.02. The summed E-state index contributed by atoms with van der Waals surface area (Å²) >= 11 is 0.